The molecule has 6 nitrogen and oxygen atoms in total. The second kappa shape index (κ2) is 10.9. The van der Waals surface area contributed by atoms with Gasteiger partial charge in [0.15, 0.2) is 0 Å². The number of benzene rings is 3. The van der Waals surface area contributed by atoms with Gasteiger partial charge in [0.25, 0.3) is 11.8 Å². The summed E-state index contributed by atoms with van der Waals surface area (Å²) in [4.78, 5) is 35.9. The lowest BCUT2D eigenvalue weighted by molar-refractivity contribution is -0.128. The minimum atomic E-state index is -0.529. The molecule has 0 unspecified atom stereocenters. The van der Waals surface area contributed by atoms with Gasteiger partial charge in [0.2, 0.25) is 0 Å². The van der Waals surface area contributed by atoms with Crippen molar-refractivity contribution in [2.75, 3.05) is 0 Å². The van der Waals surface area contributed by atoms with Crippen molar-refractivity contribution in [2.45, 2.75) is 0 Å². The fourth-order valence-corrected chi connectivity index (χ4v) is 2.52. The highest BCUT2D eigenvalue weighted by Gasteiger charge is 2.07. The zero-order chi connectivity index (χ0) is 21.9. The molecule has 0 aliphatic carbocycles. The highest BCUT2D eigenvalue weighted by atomic mass is 16.5. The van der Waals surface area contributed by atoms with Crippen molar-refractivity contribution in [3.05, 3.63) is 114 Å². The number of esters is 1. The maximum Gasteiger partial charge on any atom is 0.336 e. The Hall–Kier alpha value is -4.45. The summed E-state index contributed by atoms with van der Waals surface area (Å²) in [7, 11) is 0. The largest absolute Gasteiger partial charge is 0.423 e. The number of rotatable bonds is 6. The normalized spacial score (nSPS) is 10.7. The van der Waals surface area contributed by atoms with E-state index in [1.807, 2.05) is 60.7 Å². The first-order chi connectivity index (χ1) is 15.1. The van der Waals surface area contributed by atoms with E-state index >= 15 is 0 Å². The van der Waals surface area contributed by atoms with Crippen LogP contribution in [-0.2, 0) is 9.59 Å². The molecule has 0 radical (unpaired) electrons. The van der Waals surface area contributed by atoms with Crippen LogP contribution >= 0.6 is 0 Å². The van der Waals surface area contributed by atoms with Gasteiger partial charge >= 0.3 is 5.97 Å². The molecule has 0 aliphatic rings. The number of nitrogens with one attached hydrogen (secondary N) is 2. The van der Waals surface area contributed by atoms with E-state index in [9.17, 15) is 14.4 Å². The van der Waals surface area contributed by atoms with Crippen LogP contribution in [0.5, 0.6) is 5.75 Å². The van der Waals surface area contributed by atoms with E-state index in [0.29, 0.717) is 11.3 Å². The highest BCUT2D eigenvalue weighted by molar-refractivity contribution is 5.98. The summed E-state index contributed by atoms with van der Waals surface area (Å²) < 4.78 is 5.21. The monoisotopic (exact) mass is 412 g/mol. The Kier molecular flexibility index (Phi) is 7.49. The van der Waals surface area contributed by atoms with Crippen molar-refractivity contribution >= 4 is 29.9 Å². The van der Waals surface area contributed by atoms with E-state index in [1.165, 1.54) is 36.4 Å². The van der Waals surface area contributed by atoms with Crippen LogP contribution in [0.1, 0.15) is 21.5 Å². The maximum atomic E-state index is 12.1. The number of hydrogen-bond acceptors (Lipinski definition) is 4. The SMILES string of the molecule is O=C(/C=C/c1ccccc1)NNC(=O)c1ccc(OC(=O)/C=C/c2ccccc2)cc1. The van der Waals surface area contributed by atoms with Gasteiger partial charge in [-0.15, -0.1) is 0 Å². The summed E-state index contributed by atoms with van der Waals surface area (Å²) in [6.45, 7) is 0. The third-order valence-corrected chi connectivity index (χ3v) is 4.07. The summed E-state index contributed by atoms with van der Waals surface area (Å²) in [6.07, 6.45) is 5.94. The molecule has 0 saturated heterocycles. The molecule has 154 valence electrons. The zero-order valence-corrected chi connectivity index (χ0v) is 16.5. The Morgan fingerprint density at radius 1 is 0.645 bits per heavy atom. The van der Waals surface area contributed by atoms with Gasteiger partial charge in [0.1, 0.15) is 5.75 Å². The molecule has 0 fully saturated rings. The van der Waals surface area contributed by atoms with Crippen molar-refractivity contribution in [1.82, 2.24) is 10.9 Å². The van der Waals surface area contributed by atoms with Gasteiger partial charge in [-0.2, -0.15) is 0 Å². The summed E-state index contributed by atoms with van der Waals surface area (Å²) in [6, 6.07) is 24.7. The van der Waals surface area contributed by atoms with E-state index in [-0.39, 0.29) is 0 Å². The van der Waals surface area contributed by atoms with E-state index in [4.69, 9.17) is 4.74 Å². The molecule has 2 amide bonds. The highest BCUT2D eigenvalue weighted by Crippen LogP contribution is 2.13. The van der Waals surface area contributed by atoms with Crippen molar-refractivity contribution in [1.29, 1.82) is 0 Å². The molecule has 3 aromatic rings. The Labute approximate surface area is 179 Å². The van der Waals surface area contributed by atoms with Gasteiger partial charge in [-0.05, 0) is 47.5 Å². The van der Waals surface area contributed by atoms with Crippen LogP contribution in [-0.4, -0.2) is 17.8 Å². The second-order valence-corrected chi connectivity index (χ2v) is 6.38. The summed E-state index contributed by atoms with van der Waals surface area (Å²) in [5.74, 6) is -1.19. The zero-order valence-electron chi connectivity index (χ0n) is 16.5. The van der Waals surface area contributed by atoms with Crippen LogP contribution in [0.3, 0.4) is 0 Å². The molecule has 0 heterocycles. The average molecular weight is 412 g/mol. The molecule has 0 atom stereocenters. The lowest BCUT2D eigenvalue weighted by Crippen LogP contribution is -2.40. The fraction of sp³-hybridized carbons (Fsp3) is 0. The number of ether oxygens (including phenoxy) is 1. The van der Waals surface area contributed by atoms with Crippen molar-refractivity contribution < 1.29 is 19.1 Å². The van der Waals surface area contributed by atoms with Crippen LogP contribution in [0.25, 0.3) is 12.2 Å². The van der Waals surface area contributed by atoms with E-state index in [1.54, 1.807) is 12.2 Å². The Morgan fingerprint density at radius 3 is 1.77 bits per heavy atom. The minimum Gasteiger partial charge on any atom is -0.423 e. The number of hydrazine groups is 1. The quantitative estimate of drug-likeness (QED) is 0.279. The summed E-state index contributed by atoms with van der Waals surface area (Å²) in [5.41, 5.74) is 6.68. The summed E-state index contributed by atoms with van der Waals surface area (Å²) in [5, 5.41) is 0. The van der Waals surface area contributed by atoms with Gasteiger partial charge in [-0.1, -0.05) is 60.7 Å². The predicted octanol–water partition coefficient (Wildman–Crippen LogP) is 3.78. The third-order valence-electron chi connectivity index (χ3n) is 4.07. The smallest absolute Gasteiger partial charge is 0.336 e. The molecule has 0 spiro atoms. The first-order valence-corrected chi connectivity index (χ1v) is 9.48. The van der Waals surface area contributed by atoms with Gasteiger partial charge < -0.3 is 4.74 Å². The summed E-state index contributed by atoms with van der Waals surface area (Å²) >= 11 is 0. The maximum absolute atomic E-state index is 12.1. The van der Waals surface area contributed by atoms with Gasteiger partial charge in [0.05, 0.1) is 0 Å². The fourth-order valence-electron chi connectivity index (χ4n) is 2.52. The first kappa shape index (κ1) is 21.3. The van der Waals surface area contributed by atoms with E-state index in [2.05, 4.69) is 10.9 Å². The average Bonchev–Trinajstić information content (AvgIpc) is 2.81. The van der Waals surface area contributed by atoms with Gasteiger partial charge in [-0.25, -0.2) is 4.79 Å². The van der Waals surface area contributed by atoms with Crippen LogP contribution in [0.2, 0.25) is 0 Å². The van der Waals surface area contributed by atoms with Crippen molar-refractivity contribution in [3.63, 3.8) is 0 Å². The van der Waals surface area contributed by atoms with Crippen LogP contribution in [0.4, 0.5) is 0 Å². The van der Waals surface area contributed by atoms with E-state index < -0.39 is 17.8 Å². The number of hydrogen-bond donors (Lipinski definition) is 2. The van der Waals surface area contributed by atoms with Crippen LogP contribution in [0.15, 0.2) is 97.1 Å². The predicted molar refractivity (Wildman–Crippen MR) is 119 cm³/mol. The molecule has 0 bridgehead atoms. The van der Waals surface area contributed by atoms with Crippen molar-refractivity contribution in [3.8, 4) is 5.75 Å². The molecule has 0 aliphatic heterocycles. The third kappa shape index (κ3) is 7.14. The molecule has 3 rings (SSSR count). The van der Waals surface area contributed by atoms with E-state index in [0.717, 1.165) is 11.1 Å². The van der Waals surface area contributed by atoms with Gasteiger partial charge in [0, 0.05) is 17.7 Å². The van der Waals surface area contributed by atoms with Gasteiger partial charge in [-0.3, -0.25) is 20.4 Å². The molecule has 6 heteroatoms. The second-order valence-electron chi connectivity index (χ2n) is 6.38. The molecular formula is C25H20N2O4. The molecule has 3 aromatic carbocycles. The lowest BCUT2D eigenvalue weighted by Gasteiger charge is -2.06. The standard InChI is InChI=1S/C25H20N2O4/c28-23(17-11-19-7-3-1-4-8-19)26-27-25(30)21-13-15-22(16-14-21)31-24(29)18-12-20-9-5-2-6-10-20/h1-18H,(H,26,28)(H,27,30)/b17-11+,18-12+. The number of carbonyl (C=O) groups excluding carboxylic acids is 3. The first-order valence-electron chi connectivity index (χ1n) is 9.48. The molecule has 2 N–H and O–H groups in total. The Bertz CT molecular complexity index is 1090. The Balaban J connectivity index is 1.47. The Morgan fingerprint density at radius 2 is 1.19 bits per heavy atom. The van der Waals surface area contributed by atoms with Crippen molar-refractivity contribution in [2.24, 2.45) is 0 Å². The lowest BCUT2D eigenvalue weighted by atomic mass is 10.2. The van der Waals surface area contributed by atoms with Crippen LogP contribution in [0, 0.1) is 0 Å². The number of amides is 2. The molecule has 31 heavy (non-hydrogen) atoms. The topological polar surface area (TPSA) is 84.5 Å². The minimum absolute atomic E-state index is 0.298. The molecule has 0 saturated carbocycles. The molecular weight excluding hydrogens is 392 g/mol. The number of carbonyl (C=O) groups is 3. The molecule has 0 aromatic heterocycles. The van der Waals surface area contributed by atoms with Crippen LogP contribution < -0.4 is 15.6 Å².